The predicted molar refractivity (Wildman–Crippen MR) is 173 cm³/mol. The summed E-state index contributed by atoms with van der Waals surface area (Å²) in [5.74, 6) is 2.81. The molecule has 3 aromatic rings. The number of methoxy groups -OCH3 is 3. The monoisotopic (exact) mass is 639 g/mol. The molecule has 13 heteroatoms. The van der Waals surface area contributed by atoms with Gasteiger partial charge in [-0.15, -0.1) is 0 Å². The van der Waals surface area contributed by atoms with E-state index in [2.05, 4.69) is 26.1 Å². The summed E-state index contributed by atoms with van der Waals surface area (Å²) in [7, 11) is 4.66. The molecule has 1 heterocycles. The van der Waals surface area contributed by atoms with E-state index in [1.165, 1.54) is 6.92 Å². The Hall–Kier alpha value is -4.26. The molecule has 1 aliphatic rings. The van der Waals surface area contributed by atoms with Crippen LogP contribution in [0.4, 0.5) is 5.69 Å². The van der Waals surface area contributed by atoms with Gasteiger partial charge in [-0.3, -0.25) is 14.4 Å². The number of nitrogens with zero attached hydrogens (tertiary/aromatic N) is 2. The maximum absolute atomic E-state index is 13.8. The Morgan fingerprint density at radius 2 is 1.91 bits per heavy atom. The van der Waals surface area contributed by atoms with Gasteiger partial charge in [0.25, 0.3) is 0 Å². The number of aromatic nitrogens is 2. The second-order valence-corrected chi connectivity index (χ2v) is 11.7. The van der Waals surface area contributed by atoms with E-state index in [9.17, 15) is 14.4 Å². The molecule has 0 saturated heterocycles. The van der Waals surface area contributed by atoms with Crippen molar-refractivity contribution in [1.29, 1.82) is 0 Å². The van der Waals surface area contributed by atoms with Gasteiger partial charge in [0.2, 0.25) is 28.9 Å². The molecule has 0 spiro atoms. The Balaban J connectivity index is 1.70. The highest BCUT2D eigenvalue weighted by atomic mass is 32.2. The molecule has 45 heavy (non-hydrogen) atoms. The zero-order valence-electron chi connectivity index (χ0n) is 26.6. The van der Waals surface area contributed by atoms with Crippen molar-refractivity contribution < 1.29 is 28.3 Å². The van der Waals surface area contributed by atoms with Crippen LogP contribution < -0.4 is 35.6 Å². The number of amides is 2. The van der Waals surface area contributed by atoms with Gasteiger partial charge in [-0.2, -0.15) is 16.7 Å². The van der Waals surface area contributed by atoms with Gasteiger partial charge in [-0.1, -0.05) is 11.2 Å². The van der Waals surface area contributed by atoms with Crippen LogP contribution in [0, 0.1) is 6.92 Å². The van der Waals surface area contributed by atoms with Gasteiger partial charge in [-0.25, -0.2) is 0 Å². The number of carbonyl (C=O) groups is 2. The van der Waals surface area contributed by atoms with Crippen molar-refractivity contribution in [1.82, 2.24) is 20.8 Å². The highest BCUT2D eigenvalue weighted by Crippen LogP contribution is 2.50. The average Bonchev–Trinajstić information content (AvgIpc) is 3.30. The van der Waals surface area contributed by atoms with Crippen molar-refractivity contribution in [3.8, 4) is 28.4 Å². The molecule has 0 saturated carbocycles. The summed E-state index contributed by atoms with van der Waals surface area (Å²) in [6, 6.07) is 5.90. The lowest BCUT2D eigenvalue weighted by molar-refractivity contribution is -0.122. The Bertz CT molecular complexity index is 1580. The van der Waals surface area contributed by atoms with Gasteiger partial charge in [-0.05, 0) is 79.5 Å². The molecule has 2 amide bonds. The van der Waals surface area contributed by atoms with E-state index in [0.717, 1.165) is 11.1 Å². The molecule has 0 aliphatic heterocycles. The molecule has 1 aliphatic carbocycles. The number of rotatable bonds is 14. The van der Waals surface area contributed by atoms with Crippen molar-refractivity contribution in [2.75, 3.05) is 45.2 Å². The van der Waals surface area contributed by atoms with Gasteiger partial charge in [0.15, 0.2) is 17.3 Å². The fourth-order valence-electron chi connectivity index (χ4n) is 5.54. The fraction of sp³-hybridized carbons (Fsp3) is 0.469. The third kappa shape index (κ3) is 8.07. The minimum absolute atomic E-state index is 0.209. The first kappa shape index (κ1) is 33.6. The summed E-state index contributed by atoms with van der Waals surface area (Å²) in [5, 5.41) is 13.0. The van der Waals surface area contributed by atoms with Crippen molar-refractivity contribution in [2.45, 2.75) is 58.0 Å². The molecular weight excluding hydrogens is 598 g/mol. The van der Waals surface area contributed by atoms with Crippen LogP contribution >= 0.6 is 11.8 Å². The van der Waals surface area contributed by atoms with Gasteiger partial charge in [0.1, 0.15) is 6.04 Å². The number of anilines is 1. The molecule has 2 unspecified atom stereocenters. The Morgan fingerprint density at radius 3 is 2.56 bits per heavy atom. The van der Waals surface area contributed by atoms with Crippen LogP contribution in [0.25, 0.3) is 11.1 Å². The minimum atomic E-state index is -0.643. The third-order valence-electron chi connectivity index (χ3n) is 7.61. The number of aryl methyl sites for hydroxylation is 3. The molecule has 2 aromatic carbocycles. The lowest BCUT2D eigenvalue weighted by Gasteiger charge is -2.19. The molecule has 0 bridgehead atoms. The van der Waals surface area contributed by atoms with Crippen molar-refractivity contribution in [2.24, 2.45) is 0 Å². The first-order valence-electron chi connectivity index (χ1n) is 14.8. The highest BCUT2D eigenvalue weighted by Gasteiger charge is 2.30. The van der Waals surface area contributed by atoms with Crippen LogP contribution in [-0.4, -0.2) is 67.9 Å². The van der Waals surface area contributed by atoms with Gasteiger partial charge < -0.3 is 34.7 Å². The molecule has 12 nitrogen and oxygen atoms in total. The Labute approximate surface area is 267 Å². The summed E-state index contributed by atoms with van der Waals surface area (Å²) < 4.78 is 22.3. The maximum Gasteiger partial charge on any atom is 0.242 e. The average molecular weight is 640 g/mol. The maximum atomic E-state index is 13.8. The number of hydrogen-bond acceptors (Lipinski definition) is 11. The smallest absolute Gasteiger partial charge is 0.242 e. The van der Waals surface area contributed by atoms with Gasteiger partial charge in [0, 0.05) is 25.5 Å². The largest absolute Gasteiger partial charge is 0.493 e. The summed E-state index contributed by atoms with van der Waals surface area (Å²) >= 11 is 1.62. The normalized spacial score (nSPS) is 14.3. The summed E-state index contributed by atoms with van der Waals surface area (Å²) in [6.45, 7) is 3.63. The first-order chi connectivity index (χ1) is 21.7. The molecule has 2 atom stereocenters. The van der Waals surface area contributed by atoms with Gasteiger partial charge in [0.05, 0.1) is 33.1 Å². The topological polar surface area (TPSA) is 154 Å². The number of fused-ring (bicyclic) bond motifs is 3. The number of carbonyl (C=O) groups excluding carboxylic acids is 2. The Morgan fingerprint density at radius 1 is 1.13 bits per heavy atom. The third-order valence-corrected chi connectivity index (χ3v) is 8.25. The number of ether oxygens (including phenoxy) is 3. The van der Waals surface area contributed by atoms with E-state index in [0.29, 0.717) is 84.5 Å². The zero-order chi connectivity index (χ0) is 32.5. The van der Waals surface area contributed by atoms with Crippen molar-refractivity contribution in [3.05, 3.63) is 57.3 Å². The van der Waals surface area contributed by atoms with Crippen LogP contribution in [0.15, 0.2) is 33.6 Å². The molecular formula is C32H41N5O7S. The van der Waals surface area contributed by atoms with E-state index in [1.807, 2.05) is 18.4 Å². The SMILES string of the molecule is COc1cc2c(c(OC)c1OC)-c1ccc(NC(CCSC)C(=O)NCCCc3nc(C)no3)c(=O)cc1C(NC(C)=O)CC2. The quantitative estimate of drug-likeness (QED) is 0.221. The lowest BCUT2D eigenvalue weighted by atomic mass is 9.95. The summed E-state index contributed by atoms with van der Waals surface area (Å²) in [4.78, 5) is 43.5. The standard InChI is InChI=1S/C32H41N5O7S/c1-18-34-28(44-37-18)8-7-14-33-32(40)25(13-15-45-6)36-24-12-10-21-22(17-26(24)39)23(35-19(2)38)11-9-20-16-27(41-3)30(42-4)31(43-5)29(20)21/h10,12,16-17,23,25H,7-9,11,13-15H2,1-6H3,(H,33,40)(H,35,38)(H,36,39). The molecule has 3 N–H and O–H groups in total. The molecule has 0 fully saturated rings. The summed E-state index contributed by atoms with van der Waals surface area (Å²) in [6.07, 6.45) is 4.80. The van der Waals surface area contributed by atoms with Crippen LogP contribution in [-0.2, 0) is 22.4 Å². The van der Waals surface area contributed by atoms with E-state index >= 15 is 0 Å². The second kappa shape index (κ2) is 15.6. The van der Waals surface area contributed by atoms with E-state index in [1.54, 1.807) is 52.1 Å². The number of hydrogen-bond donors (Lipinski definition) is 3. The van der Waals surface area contributed by atoms with Crippen LogP contribution in [0.5, 0.6) is 17.2 Å². The van der Waals surface area contributed by atoms with E-state index in [-0.39, 0.29) is 22.9 Å². The first-order valence-corrected chi connectivity index (χ1v) is 16.2. The van der Waals surface area contributed by atoms with Crippen molar-refractivity contribution in [3.63, 3.8) is 0 Å². The fourth-order valence-corrected chi connectivity index (χ4v) is 6.01. The lowest BCUT2D eigenvalue weighted by Crippen LogP contribution is -2.41. The van der Waals surface area contributed by atoms with Crippen LogP contribution in [0.1, 0.15) is 55.1 Å². The number of benzene rings is 1. The van der Waals surface area contributed by atoms with Crippen LogP contribution in [0.3, 0.4) is 0 Å². The molecule has 1 aromatic heterocycles. The summed E-state index contributed by atoms with van der Waals surface area (Å²) in [5.41, 5.74) is 3.02. The molecule has 242 valence electrons. The minimum Gasteiger partial charge on any atom is -0.493 e. The predicted octanol–water partition coefficient (Wildman–Crippen LogP) is 3.84. The van der Waals surface area contributed by atoms with E-state index in [4.69, 9.17) is 18.7 Å². The highest BCUT2D eigenvalue weighted by molar-refractivity contribution is 7.98. The number of thioether (sulfide) groups is 1. The second-order valence-electron chi connectivity index (χ2n) is 10.7. The zero-order valence-corrected chi connectivity index (χ0v) is 27.4. The number of nitrogens with one attached hydrogen (secondary N) is 3. The van der Waals surface area contributed by atoms with E-state index < -0.39 is 12.1 Å². The Kier molecular flexibility index (Phi) is 11.7. The van der Waals surface area contributed by atoms with Gasteiger partial charge >= 0.3 is 0 Å². The molecule has 4 rings (SSSR count). The van der Waals surface area contributed by atoms with Crippen LogP contribution in [0.2, 0.25) is 0 Å². The molecule has 0 radical (unpaired) electrons. The van der Waals surface area contributed by atoms with Crippen molar-refractivity contribution >= 4 is 29.3 Å².